The topological polar surface area (TPSA) is 0 Å². The lowest BCUT2D eigenvalue weighted by atomic mass is 9.75. The molecule has 0 heterocycles. The fourth-order valence-electron chi connectivity index (χ4n) is 3.59. The zero-order valence-corrected chi connectivity index (χ0v) is 11.2. The maximum atomic E-state index is 2.33. The van der Waals surface area contributed by atoms with E-state index in [1.165, 1.54) is 38.5 Å². The molecular formula is C16H30. The Morgan fingerprint density at radius 3 is 2.31 bits per heavy atom. The predicted octanol–water partition coefficient (Wildman–Crippen LogP) is 5.56. The normalized spacial score (nSPS) is 24.6. The molecule has 0 aromatic rings. The quantitative estimate of drug-likeness (QED) is 0.494. The minimum absolute atomic E-state index is 1.11. The number of hydrogen-bond acceptors (Lipinski definition) is 0. The van der Waals surface area contributed by atoms with Gasteiger partial charge in [-0.3, -0.25) is 0 Å². The van der Waals surface area contributed by atoms with E-state index in [4.69, 9.17) is 0 Å². The molecule has 2 rings (SSSR count). The van der Waals surface area contributed by atoms with Crippen LogP contribution in [0.3, 0.4) is 0 Å². The van der Waals surface area contributed by atoms with Crippen molar-refractivity contribution in [3.8, 4) is 0 Å². The maximum Gasteiger partial charge on any atom is -0.0383 e. The first-order valence-corrected chi connectivity index (χ1v) is 7.90. The van der Waals surface area contributed by atoms with E-state index >= 15 is 0 Å². The molecule has 0 nitrogen and oxygen atoms in total. The lowest BCUT2D eigenvalue weighted by Gasteiger charge is -2.30. The Balaban J connectivity index is 1.74. The van der Waals surface area contributed by atoms with E-state index in [9.17, 15) is 0 Å². The van der Waals surface area contributed by atoms with Gasteiger partial charge in [0.05, 0.1) is 0 Å². The Kier molecular flexibility index (Phi) is 5.19. The second-order valence-electron chi connectivity index (χ2n) is 6.33. The highest BCUT2D eigenvalue weighted by Crippen LogP contribution is 2.42. The van der Waals surface area contributed by atoms with E-state index in [2.05, 4.69) is 6.92 Å². The lowest BCUT2D eigenvalue weighted by molar-refractivity contribution is 0.212. The second-order valence-corrected chi connectivity index (χ2v) is 6.33. The summed E-state index contributed by atoms with van der Waals surface area (Å²) in [5, 5.41) is 0. The molecular weight excluding hydrogens is 192 g/mol. The number of hydrogen-bond donors (Lipinski definition) is 0. The first-order chi connectivity index (χ1) is 7.90. The molecule has 0 aromatic carbocycles. The molecule has 0 saturated heterocycles. The largest absolute Gasteiger partial charge is 0.0654 e. The molecule has 0 N–H and O–H groups in total. The van der Waals surface area contributed by atoms with Gasteiger partial charge in [0.25, 0.3) is 0 Å². The van der Waals surface area contributed by atoms with Crippen molar-refractivity contribution in [1.82, 2.24) is 0 Å². The van der Waals surface area contributed by atoms with E-state index in [1.54, 1.807) is 38.5 Å². The molecule has 16 heavy (non-hydrogen) atoms. The first kappa shape index (κ1) is 12.5. The van der Waals surface area contributed by atoms with Crippen LogP contribution in [0, 0.1) is 17.8 Å². The summed E-state index contributed by atoms with van der Waals surface area (Å²) < 4.78 is 0. The van der Waals surface area contributed by atoms with Crippen LogP contribution in [-0.2, 0) is 0 Å². The molecule has 0 aromatic heterocycles. The van der Waals surface area contributed by atoms with Crippen LogP contribution >= 0.6 is 0 Å². The highest BCUT2D eigenvalue weighted by Gasteiger charge is 2.30. The standard InChI is InChI=1S/C16H30/c1-2-3-5-10-16(13-14-11-12-14)15-8-6-4-7-9-15/h14-16H,2-13H2,1H3. The molecule has 2 aliphatic carbocycles. The van der Waals surface area contributed by atoms with Gasteiger partial charge in [0, 0.05) is 0 Å². The predicted molar refractivity (Wildman–Crippen MR) is 71.5 cm³/mol. The summed E-state index contributed by atoms with van der Waals surface area (Å²) in [6.45, 7) is 2.33. The Labute approximate surface area is 102 Å². The Bertz CT molecular complexity index is 174. The summed E-state index contributed by atoms with van der Waals surface area (Å²) in [4.78, 5) is 0. The fourth-order valence-corrected chi connectivity index (χ4v) is 3.59. The van der Waals surface area contributed by atoms with E-state index < -0.39 is 0 Å². The summed E-state index contributed by atoms with van der Waals surface area (Å²) in [5.41, 5.74) is 0. The van der Waals surface area contributed by atoms with Gasteiger partial charge in [-0.25, -0.2) is 0 Å². The van der Waals surface area contributed by atoms with Gasteiger partial charge in [-0.1, -0.05) is 77.6 Å². The highest BCUT2D eigenvalue weighted by molar-refractivity contribution is 4.81. The average Bonchev–Trinajstić information content (AvgIpc) is 3.13. The van der Waals surface area contributed by atoms with E-state index in [0.29, 0.717) is 0 Å². The molecule has 0 aliphatic heterocycles. The van der Waals surface area contributed by atoms with Crippen molar-refractivity contribution in [3.05, 3.63) is 0 Å². The highest BCUT2D eigenvalue weighted by atomic mass is 14.4. The van der Waals surface area contributed by atoms with Gasteiger partial charge in [0.15, 0.2) is 0 Å². The molecule has 0 amide bonds. The fraction of sp³-hybridized carbons (Fsp3) is 1.00. The van der Waals surface area contributed by atoms with Gasteiger partial charge in [0.2, 0.25) is 0 Å². The molecule has 2 fully saturated rings. The van der Waals surface area contributed by atoms with Crippen LogP contribution in [0.1, 0.15) is 84.0 Å². The van der Waals surface area contributed by atoms with E-state index in [1.807, 2.05) is 0 Å². The minimum atomic E-state index is 1.11. The molecule has 1 unspecified atom stereocenters. The van der Waals surface area contributed by atoms with Crippen LogP contribution in [0.2, 0.25) is 0 Å². The summed E-state index contributed by atoms with van der Waals surface area (Å²) in [7, 11) is 0. The molecule has 94 valence electrons. The monoisotopic (exact) mass is 222 g/mol. The molecule has 2 aliphatic rings. The van der Waals surface area contributed by atoms with Crippen molar-refractivity contribution in [2.24, 2.45) is 17.8 Å². The van der Waals surface area contributed by atoms with Crippen molar-refractivity contribution in [3.63, 3.8) is 0 Å². The van der Waals surface area contributed by atoms with E-state index in [-0.39, 0.29) is 0 Å². The van der Waals surface area contributed by atoms with Crippen LogP contribution in [0.15, 0.2) is 0 Å². The van der Waals surface area contributed by atoms with Crippen LogP contribution < -0.4 is 0 Å². The maximum absolute atomic E-state index is 2.33. The van der Waals surface area contributed by atoms with Gasteiger partial charge in [-0.05, 0) is 24.2 Å². The Hall–Kier alpha value is 0. The van der Waals surface area contributed by atoms with Crippen molar-refractivity contribution < 1.29 is 0 Å². The van der Waals surface area contributed by atoms with Gasteiger partial charge < -0.3 is 0 Å². The average molecular weight is 222 g/mol. The zero-order chi connectivity index (χ0) is 11.2. The molecule has 0 bridgehead atoms. The lowest BCUT2D eigenvalue weighted by Crippen LogP contribution is -2.18. The van der Waals surface area contributed by atoms with Crippen molar-refractivity contribution in [1.29, 1.82) is 0 Å². The Morgan fingerprint density at radius 1 is 0.938 bits per heavy atom. The smallest absolute Gasteiger partial charge is 0.0383 e. The molecule has 0 radical (unpaired) electrons. The summed E-state index contributed by atoms with van der Waals surface area (Å²) >= 11 is 0. The summed E-state index contributed by atoms with van der Waals surface area (Å²) in [6.07, 6.45) is 18.3. The minimum Gasteiger partial charge on any atom is -0.0654 e. The third-order valence-electron chi connectivity index (χ3n) is 4.83. The molecule has 1 atom stereocenters. The van der Waals surface area contributed by atoms with Crippen LogP contribution in [0.25, 0.3) is 0 Å². The number of unbranched alkanes of at least 4 members (excludes halogenated alkanes) is 2. The van der Waals surface area contributed by atoms with Crippen LogP contribution in [0.5, 0.6) is 0 Å². The van der Waals surface area contributed by atoms with Gasteiger partial charge in [-0.15, -0.1) is 0 Å². The molecule has 0 spiro atoms. The van der Waals surface area contributed by atoms with Crippen molar-refractivity contribution in [2.75, 3.05) is 0 Å². The zero-order valence-electron chi connectivity index (χ0n) is 11.2. The van der Waals surface area contributed by atoms with Gasteiger partial charge >= 0.3 is 0 Å². The van der Waals surface area contributed by atoms with Gasteiger partial charge in [0.1, 0.15) is 0 Å². The molecule has 2 saturated carbocycles. The van der Waals surface area contributed by atoms with E-state index in [0.717, 1.165) is 17.8 Å². The third-order valence-corrected chi connectivity index (χ3v) is 4.83. The van der Waals surface area contributed by atoms with Crippen LogP contribution in [0.4, 0.5) is 0 Å². The van der Waals surface area contributed by atoms with Crippen molar-refractivity contribution in [2.45, 2.75) is 84.0 Å². The van der Waals surface area contributed by atoms with Crippen molar-refractivity contribution >= 4 is 0 Å². The molecule has 0 heteroatoms. The Morgan fingerprint density at radius 2 is 1.69 bits per heavy atom. The first-order valence-electron chi connectivity index (χ1n) is 7.90. The number of rotatable bonds is 7. The summed E-state index contributed by atoms with van der Waals surface area (Å²) in [5.74, 6) is 3.37. The van der Waals surface area contributed by atoms with Gasteiger partial charge in [-0.2, -0.15) is 0 Å². The SMILES string of the molecule is CCCCCC(CC1CC1)C1CCCCC1. The summed E-state index contributed by atoms with van der Waals surface area (Å²) in [6, 6.07) is 0. The third kappa shape index (κ3) is 4.11. The van der Waals surface area contributed by atoms with Crippen LogP contribution in [-0.4, -0.2) is 0 Å². The second kappa shape index (κ2) is 6.67.